The number of carbonyl (C=O) groups excluding carboxylic acids is 1. The van der Waals surface area contributed by atoms with E-state index in [1.165, 1.54) is 12.8 Å². The Labute approximate surface area is 126 Å². The minimum atomic E-state index is 0.0806. The number of carbonyl (C=O) groups is 1. The maximum Gasteiger partial charge on any atom is 0.244 e. The van der Waals surface area contributed by atoms with Gasteiger partial charge in [0.2, 0.25) is 5.91 Å². The van der Waals surface area contributed by atoms with Gasteiger partial charge in [0, 0.05) is 19.7 Å². The van der Waals surface area contributed by atoms with Crippen molar-refractivity contribution in [3.05, 3.63) is 11.4 Å². The average molecular weight is 294 g/mol. The zero-order valence-corrected chi connectivity index (χ0v) is 13.4. The average Bonchev–Trinajstić information content (AvgIpc) is 3.26. The van der Waals surface area contributed by atoms with Crippen LogP contribution in [0.15, 0.2) is 0 Å². The van der Waals surface area contributed by atoms with Crippen LogP contribution in [0.3, 0.4) is 0 Å². The van der Waals surface area contributed by atoms with Gasteiger partial charge in [-0.3, -0.25) is 9.48 Å². The van der Waals surface area contributed by atoms with E-state index in [1.54, 1.807) is 11.8 Å². The third-order valence-corrected chi connectivity index (χ3v) is 4.37. The maximum absolute atomic E-state index is 12.6. The van der Waals surface area contributed by atoms with Crippen LogP contribution in [0.1, 0.15) is 31.2 Å². The summed E-state index contributed by atoms with van der Waals surface area (Å²) in [6.07, 6.45) is 2.43. The highest BCUT2D eigenvalue weighted by Crippen LogP contribution is 2.35. The molecule has 0 spiro atoms. The number of ether oxygens (including phenoxy) is 1. The molecule has 21 heavy (non-hydrogen) atoms. The lowest BCUT2D eigenvalue weighted by atomic mass is 10.2. The van der Waals surface area contributed by atoms with Crippen molar-refractivity contribution < 1.29 is 9.53 Å². The first-order valence-electron chi connectivity index (χ1n) is 7.53. The van der Waals surface area contributed by atoms with Gasteiger partial charge in [0.1, 0.15) is 6.54 Å². The van der Waals surface area contributed by atoms with Crippen LogP contribution in [0, 0.1) is 19.8 Å². The molecule has 118 valence electrons. The molecule has 0 aliphatic heterocycles. The highest BCUT2D eigenvalue weighted by Gasteiger charge is 2.34. The Kier molecular flexibility index (Phi) is 4.88. The number of rotatable bonds is 7. The minimum Gasteiger partial charge on any atom is -0.396 e. The van der Waals surface area contributed by atoms with Gasteiger partial charge in [-0.2, -0.15) is 5.10 Å². The number of amides is 1. The molecule has 1 aromatic rings. The number of nitrogens with two attached hydrogens (primary N) is 1. The number of hydrogen-bond acceptors (Lipinski definition) is 4. The normalized spacial score (nSPS) is 16.0. The number of aromatic nitrogens is 2. The van der Waals surface area contributed by atoms with E-state index in [-0.39, 0.29) is 18.5 Å². The van der Waals surface area contributed by atoms with E-state index in [0.717, 1.165) is 11.4 Å². The van der Waals surface area contributed by atoms with Gasteiger partial charge in [-0.1, -0.05) is 0 Å². The summed E-state index contributed by atoms with van der Waals surface area (Å²) < 4.78 is 6.83. The maximum atomic E-state index is 12.6. The molecule has 1 saturated carbocycles. The molecule has 1 heterocycles. The standard InChI is InChI=1S/C15H26N4O2/c1-10-15(16)12(3)19(17-10)9-14(20)18(7-8-21-4)11(2)13-5-6-13/h11,13H,5-9,16H2,1-4H3. The summed E-state index contributed by atoms with van der Waals surface area (Å²) in [6.45, 7) is 7.31. The van der Waals surface area contributed by atoms with E-state index in [2.05, 4.69) is 12.0 Å². The van der Waals surface area contributed by atoms with Crippen molar-refractivity contribution in [3.8, 4) is 0 Å². The first kappa shape index (κ1) is 15.8. The fourth-order valence-corrected chi connectivity index (χ4v) is 2.66. The van der Waals surface area contributed by atoms with Gasteiger partial charge in [-0.05, 0) is 39.5 Å². The van der Waals surface area contributed by atoms with Gasteiger partial charge in [0.05, 0.1) is 23.7 Å². The van der Waals surface area contributed by atoms with Crippen LogP contribution in [0.2, 0.25) is 0 Å². The summed E-state index contributed by atoms with van der Waals surface area (Å²) in [5.74, 6) is 0.716. The largest absolute Gasteiger partial charge is 0.396 e. The Morgan fingerprint density at radius 3 is 2.67 bits per heavy atom. The van der Waals surface area contributed by atoms with Crippen LogP contribution in [0.5, 0.6) is 0 Å². The second-order valence-electron chi connectivity index (χ2n) is 5.90. The van der Waals surface area contributed by atoms with E-state index in [1.807, 2.05) is 18.7 Å². The third-order valence-electron chi connectivity index (χ3n) is 4.37. The minimum absolute atomic E-state index is 0.0806. The molecule has 1 aromatic heterocycles. The Bertz CT molecular complexity index is 508. The van der Waals surface area contributed by atoms with E-state index in [9.17, 15) is 4.79 Å². The topological polar surface area (TPSA) is 73.4 Å². The number of anilines is 1. The molecule has 1 atom stereocenters. The smallest absolute Gasteiger partial charge is 0.244 e. The number of aryl methyl sites for hydroxylation is 1. The first-order valence-corrected chi connectivity index (χ1v) is 7.53. The van der Waals surface area contributed by atoms with Crippen molar-refractivity contribution >= 4 is 11.6 Å². The molecule has 2 N–H and O–H groups in total. The molecule has 0 aromatic carbocycles. The molecule has 6 nitrogen and oxygen atoms in total. The monoisotopic (exact) mass is 294 g/mol. The first-order chi connectivity index (χ1) is 9.95. The summed E-state index contributed by atoms with van der Waals surface area (Å²) in [5, 5.41) is 4.35. The molecule has 2 rings (SSSR count). The van der Waals surface area contributed by atoms with Crippen molar-refractivity contribution in [1.82, 2.24) is 14.7 Å². The van der Waals surface area contributed by atoms with Crippen molar-refractivity contribution in [1.29, 1.82) is 0 Å². The van der Waals surface area contributed by atoms with Gasteiger partial charge in [0.25, 0.3) is 0 Å². The van der Waals surface area contributed by atoms with Gasteiger partial charge in [0.15, 0.2) is 0 Å². The lowest BCUT2D eigenvalue weighted by Gasteiger charge is -2.29. The molecule has 1 amide bonds. The van der Waals surface area contributed by atoms with E-state index in [0.29, 0.717) is 24.8 Å². The Morgan fingerprint density at radius 1 is 1.52 bits per heavy atom. The molecule has 0 saturated heterocycles. The molecule has 6 heteroatoms. The van der Waals surface area contributed by atoms with Gasteiger partial charge in [-0.15, -0.1) is 0 Å². The lowest BCUT2D eigenvalue weighted by Crippen LogP contribution is -2.43. The van der Waals surface area contributed by atoms with Crippen molar-refractivity contribution in [2.45, 2.75) is 46.2 Å². The molecule has 1 aliphatic rings. The number of methoxy groups -OCH3 is 1. The van der Waals surface area contributed by atoms with Crippen molar-refractivity contribution in [2.24, 2.45) is 5.92 Å². The third kappa shape index (κ3) is 3.56. The van der Waals surface area contributed by atoms with Crippen molar-refractivity contribution in [3.63, 3.8) is 0 Å². The fraction of sp³-hybridized carbons (Fsp3) is 0.733. The quantitative estimate of drug-likeness (QED) is 0.824. The summed E-state index contributed by atoms with van der Waals surface area (Å²) >= 11 is 0. The fourth-order valence-electron chi connectivity index (χ4n) is 2.66. The molecule has 1 fully saturated rings. The number of hydrogen-bond donors (Lipinski definition) is 1. The highest BCUT2D eigenvalue weighted by molar-refractivity contribution is 5.76. The Balaban J connectivity index is 2.07. The Morgan fingerprint density at radius 2 is 2.19 bits per heavy atom. The summed E-state index contributed by atoms with van der Waals surface area (Å²) in [5.41, 5.74) is 8.22. The van der Waals surface area contributed by atoms with E-state index >= 15 is 0 Å². The van der Waals surface area contributed by atoms with Crippen LogP contribution >= 0.6 is 0 Å². The van der Waals surface area contributed by atoms with Crippen LogP contribution in [-0.4, -0.2) is 46.9 Å². The number of nitrogens with zero attached hydrogens (tertiary/aromatic N) is 3. The molecule has 1 aliphatic carbocycles. The van der Waals surface area contributed by atoms with Crippen LogP contribution in [-0.2, 0) is 16.1 Å². The second-order valence-corrected chi connectivity index (χ2v) is 5.90. The molecule has 0 bridgehead atoms. The molecule has 0 radical (unpaired) electrons. The summed E-state index contributed by atoms with van der Waals surface area (Å²) in [4.78, 5) is 14.6. The van der Waals surface area contributed by atoms with Crippen LogP contribution < -0.4 is 5.73 Å². The molecule has 1 unspecified atom stereocenters. The Hall–Kier alpha value is -1.56. The summed E-state index contributed by atoms with van der Waals surface area (Å²) in [7, 11) is 1.66. The van der Waals surface area contributed by atoms with Gasteiger partial charge < -0.3 is 15.4 Å². The highest BCUT2D eigenvalue weighted by atomic mass is 16.5. The van der Waals surface area contributed by atoms with Crippen LogP contribution in [0.4, 0.5) is 5.69 Å². The SMILES string of the molecule is COCCN(C(=O)Cn1nc(C)c(N)c1C)C(C)C1CC1. The summed E-state index contributed by atoms with van der Waals surface area (Å²) in [6, 6.07) is 0.266. The van der Waals surface area contributed by atoms with Crippen LogP contribution in [0.25, 0.3) is 0 Å². The number of nitrogen functional groups attached to an aromatic ring is 1. The van der Waals surface area contributed by atoms with E-state index < -0.39 is 0 Å². The van der Waals surface area contributed by atoms with Gasteiger partial charge >= 0.3 is 0 Å². The predicted molar refractivity (Wildman–Crippen MR) is 81.9 cm³/mol. The lowest BCUT2D eigenvalue weighted by molar-refractivity contribution is -0.135. The van der Waals surface area contributed by atoms with Crippen molar-refractivity contribution in [2.75, 3.05) is 26.0 Å². The zero-order valence-electron chi connectivity index (χ0n) is 13.4. The molecular formula is C15H26N4O2. The molecular weight excluding hydrogens is 268 g/mol. The zero-order chi connectivity index (χ0) is 15.6. The van der Waals surface area contributed by atoms with E-state index in [4.69, 9.17) is 10.5 Å². The predicted octanol–water partition coefficient (Wildman–Crippen LogP) is 1.36. The van der Waals surface area contributed by atoms with Gasteiger partial charge in [-0.25, -0.2) is 0 Å². The second kappa shape index (κ2) is 6.47.